The van der Waals surface area contributed by atoms with E-state index in [2.05, 4.69) is 180 Å². The molecular weight excluding hydrogens is 683 g/mol. The number of benzene rings is 9. The summed E-state index contributed by atoms with van der Waals surface area (Å²) in [6.45, 7) is 4.00. The van der Waals surface area contributed by atoms with Crippen LogP contribution in [0.4, 0.5) is 0 Å². The first-order chi connectivity index (χ1) is 27.8. The largest absolute Gasteiger partial charge is 0.455 e. The lowest BCUT2D eigenvalue weighted by atomic mass is 9.98. The topological polar surface area (TPSA) is 43.9 Å². The molecule has 0 atom stereocenters. The summed E-state index contributed by atoms with van der Waals surface area (Å²) >= 11 is 0. The summed E-state index contributed by atoms with van der Waals surface area (Å²) in [7, 11) is 0. The van der Waals surface area contributed by atoms with E-state index in [1.54, 1.807) is 0 Å². The van der Waals surface area contributed by atoms with Crippen LogP contribution in [0.2, 0.25) is 0 Å². The molecule has 4 heteroatoms. The zero-order valence-corrected chi connectivity index (χ0v) is 31.0. The fraction of sp³-hybridized carbons (Fsp3) is 0.0385. The minimum atomic E-state index is 0.628. The highest BCUT2D eigenvalue weighted by atomic mass is 16.3. The third kappa shape index (κ3) is 4.72. The molecule has 0 saturated carbocycles. The Bertz CT molecular complexity index is 3500. The van der Waals surface area contributed by atoms with Gasteiger partial charge in [-0.25, -0.2) is 9.97 Å². The quantitative estimate of drug-likeness (QED) is 0.171. The van der Waals surface area contributed by atoms with Crippen molar-refractivity contribution in [2.75, 3.05) is 0 Å². The molecule has 0 aliphatic carbocycles. The molecule has 0 unspecified atom stereocenters. The van der Waals surface area contributed by atoms with Crippen molar-refractivity contribution in [2.45, 2.75) is 13.8 Å². The molecule has 9 aromatic carbocycles. The van der Waals surface area contributed by atoms with Crippen LogP contribution in [0.5, 0.6) is 0 Å². The summed E-state index contributed by atoms with van der Waals surface area (Å²) in [4.78, 5) is 11.0. The maximum Gasteiger partial charge on any atom is 0.235 e. The van der Waals surface area contributed by atoms with Crippen molar-refractivity contribution < 1.29 is 4.42 Å². The molecule has 0 spiro atoms. The van der Waals surface area contributed by atoms with E-state index in [9.17, 15) is 0 Å². The van der Waals surface area contributed by atoms with E-state index < -0.39 is 0 Å². The predicted octanol–water partition coefficient (Wildman–Crippen LogP) is 14.4. The first-order valence-corrected chi connectivity index (χ1v) is 19.3. The Morgan fingerprint density at radius 2 is 1.07 bits per heavy atom. The van der Waals surface area contributed by atoms with Gasteiger partial charge in [-0.1, -0.05) is 166 Å². The van der Waals surface area contributed by atoms with Crippen molar-refractivity contribution >= 4 is 87.0 Å². The standard InChI is InChI=1S/C50H29N3O.C2H6/c1-2-14-32(15-3-1)46-41-26-24-31-13-7-9-19-36(31)47(41)52-50(51-46)53-43-29-34-17-5-4-16-33(34)28-42(43)38-21-10-20-37(48(38)53)39-22-11-23-40-45-35-18-8-6-12-30(35)25-27-44(45)54-49(39)40;1-2/h1-29H;1-2H3. The van der Waals surface area contributed by atoms with Crippen LogP contribution in [0.1, 0.15) is 13.8 Å². The average Bonchev–Trinajstić information content (AvgIpc) is 3.82. The molecule has 3 aromatic heterocycles. The first-order valence-electron chi connectivity index (χ1n) is 19.3. The van der Waals surface area contributed by atoms with Crippen molar-refractivity contribution in [3.05, 3.63) is 176 Å². The zero-order valence-electron chi connectivity index (χ0n) is 31.0. The Labute approximate surface area is 322 Å². The van der Waals surface area contributed by atoms with Gasteiger partial charge in [0.25, 0.3) is 0 Å². The molecule has 0 amide bonds. The average molecular weight is 718 g/mol. The molecule has 0 saturated heterocycles. The number of hydrogen-bond acceptors (Lipinski definition) is 3. The highest BCUT2D eigenvalue weighted by Gasteiger charge is 2.23. The lowest BCUT2D eigenvalue weighted by Crippen LogP contribution is -2.04. The third-order valence-corrected chi connectivity index (χ3v) is 11.2. The molecule has 0 fully saturated rings. The summed E-state index contributed by atoms with van der Waals surface area (Å²) < 4.78 is 9.11. The zero-order chi connectivity index (χ0) is 37.3. The van der Waals surface area contributed by atoms with Gasteiger partial charge in [0, 0.05) is 49.0 Å². The van der Waals surface area contributed by atoms with E-state index in [1.807, 2.05) is 13.8 Å². The van der Waals surface area contributed by atoms with Crippen LogP contribution < -0.4 is 0 Å². The van der Waals surface area contributed by atoms with Crippen molar-refractivity contribution in [3.8, 4) is 28.3 Å². The molecule has 0 bridgehead atoms. The summed E-state index contributed by atoms with van der Waals surface area (Å²) in [5.74, 6) is 0.628. The summed E-state index contributed by atoms with van der Waals surface area (Å²) in [6, 6.07) is 62.4. The maximum atomic E-state index is 6.82. The third-order valence-electron chi connectivity index (χ3n) is 11.2. The van der Waals surface area contributed by atoms with Crippen molar-refractivity contribution in [1.82, 2.24) is 14.5 Å². The van der Waals surface area contributed by atoms with Gasteiger partial charge in [0.1, 0.15) is 11.2 Å². The Hall–Kier alpha value is -7.30. The van der Waals surface area contributed by atoms with Crippen LogP contribution in [0, 0.1) is 0 Å². The molecule has 12 rings (SSSR count). The van der Waals surface area contributed by atoms with Gasteiger partial charge in [0.2, 0.25) is 5.95 Å². The minimum Gasteiger partial charge on any atom is -0.455 e. The van der Waals surface area contributed by atoms with Gasteiger partial charge in [0.15, 0.2) is 0 Å². The Balaban J connectivity index is 0.00000179. The van der Waals surface area contributed by atoms with Crippen molar-refractivity contribution in [3.63, 3.8) is 0 Å². The van der Waals surface area contributed by atoms with E-state index in [0.717, 1.165) is 93.2 Å². The predicted molar refractivity (Wildman–Crippen MR) is 236 cm³/mol. The second-order valence-corrected chi connectivity index (χ2v) is 14.1. The van der Waals surface area contributed by atoms with Crippen molar-refractivity contribution in [1.29, 1.82) is 0 Å². The van der Waals surface area contributed by atoms with Gasteiger partial charge in [-0.3, -0.25) is 4.57 Å². The fourth-order valence-corrected chi connectivity index (χ4v) is 8.72. The number of para-hydroxylation sites is 2. The highest BCUT2D eigenvalue weighted by Crippen LogP contribution is 2.44. The van der Waals surface area contributed by atoms with Gasteiger partial charge in [0.05, 0.1) is 22.2 Å². The Kier molecular flexibility index (Phi) is 7.26. The van der Waals surface area contributed by atoms with E-state index in [1.165, 1.54) is 16.2 Å². The maximum absolute atomic E-state index is 6.82. The van der Waals surface area contributed by atoms with Crippen LogP contribution in [0.25, 0.3) is 115 Å². The number of hydrogen-bond donors (Lipinski definition) is 0. The monoisotopic (exact) mass is 717 g/mol. The van der Waals surface area contributed by atoms with E-state index in [-0.39, 0.29) is 0 Å². The molecule has 3 heterocycles. The number of fused-ring (bicyclic) bond motifs is 12. The number of aromatic nitrogens is 3. The van der Waals surface area contributed by atoms with Crippen molar-refractivity contribution in [2.24, 2.45) is 0 Å². The van der Waals surface area contributed by atoms with Gasteiger partial charge >= 0.3 is 0 Å². The van der Waals surface area contributed by atoms with E-state index in [0.29, 0.717) is 5.95 Å². The molecule has 12 aromatic rings. The van der Waals surface area contributed by atoms with Gasteiger partial charge < -0.3 is 4.42 Å². The molecule has 0 N–H and O–H groups in total. The molecule has 0 radical (unpaired) electrons. The summed E-state index contributed by atoms with van der Waals surface area (Å²) in [5.41, 5.74) is 8.81. The second kappa shape index (κ2) is 12.6. The van der Waals surface area contributed by atoms with E-state index in [4.69, 9.17) is 14.4 Å². The molecule has 264 valence electrons. The number of rotatable bonds is 3. The fourth-order valence-electron chi connectivity index (χ4n) is 8.72. The van der Waals surface area contributed by atoms with Crippen LogP contribution in [-0.2, 0) is 0 Å². The van der Waals surface area contributed by atoms with E-state index >= 15 is 0 Å². The summed E-state index contributed by atoms with van der Waals surface area (Å²) in [5, 5.41) is 12.5. The highest BCUT2D eigenvalue weighted by molar-refractivity contribution is 6.23. The SMILES string of the molecule is CC.c1ccc(-c2nc(-n3c4cc5ccccc5cc4c4cccc(-c5cccc6c5oc5ccc7ccccc7c56)c43)nc3c2ccc2ccccc23)cc1. The lowest BCUT2D eigenvalue weighted by Gasteiger charge is -2.15. The molecule has 56 heavy (non-hydrogen) atoms. The number of nitrogens with zero attached hydrogens (tertiary/aromatic N) is 3. The van der Waals surface area contributed by atoms with Crippen LogP contribution in [-0.4, -0.2) is 14.5 Å². The van der Waals surface area contributed by atoms with Crippen LogP contribution in [0.3, 0.4) is 0 Å². The Morgan fingerprint density at radius 1 is 0.446 bits per heavy atom. The molecule has 0 aliphatic rings. The van der Waals surface area contributed by atoms with Gasteiger partial charge in [-0.15, -0.1) is 0 Å². The van der Waals surface area contributed by atoms with Gasteiger partial charge in [-0.2, -0.15) is 0 Å². The Morgan fingerprint density at radius 3 is 1.88 bits per heavy atom. The van der Waals surface area contributed by atoms with Gasteiger partial charge in [-0.05, 0) is 51.2 Å². The molecule has 0 aliphatic heterocycles. The smallest absolute Gasteiger partial charge is 0.235 e. The number of furan rings is 1. The first kappa shape index (κ1) is 32.2. The normalized spacial score (nSPS) is 11.8. The molecule has 4 nitrogen and oxygen atoms in total. The summed E-state index contributed by atoms with van der Waals surface area (Å²) in [6.07, 6.45) is 0. The van der Waals surface area contributed by atoms with Crippen LogP contribution in [0.15, 0.2) is 180 Å². The second-order valence-electron chi connectivity index (χ2n) is 14.1. The van der Waals surface area contributed by atoms with Crippen LogP contribution >= 0.6 is 0 Å². The minimum absolute atomic E-state index is 0.628. The molecular formula is C52H35N3O. The lowest BCUT2D eigenvalue weighted by molar-refractivity contribution is 0.670.